The Labute approximate surface area is 189 Å². The summed E-state index contributed by atoms with van der Waals surface area (Å²) in [6.07, 6.45) is -0.173. The SMILES string of the molecule is CC[C@@H](Oc1cc(C)ccc1C)C(=O)Nc1ccccc1C(=O)N[C@@H](C)c1ccccc1. The first-order valence-electron chi connectivity index (χ1n) is 10.9. The zero-order chi connectivity index (χ0) is 23.1. The first-order chi connectivity index (χ1) is 15.4. The van der Waals surface area contributed by atoms with Crippen molar-refractivity contribution in [2.75, 3.05) is 5.32 Å². The number of aryl methyl sites for hydroxylation is 2. The lowest BCUT2D eigenvalue weighted by Crippen LogP contribution is -2.34. The van der Waals surface area contributed by atoms with Gasteiger partial charge in [0.05, 0.1) is 17.3 Å². The second-order valence-corrected chi connectivity index (χ2v) is 7.92. The molecule has 2 atom stereocenters. The lowest BCUT2D eigenvalue weighted by Gasteiger charge is -2.20. The van der Waals surface area contributed by atoms with Gasteiger partial charge in [0.2, 0.25) is 0 Å². The number of hydrogen-bond donors (Lipinski definition) is 2. The topological polar surface area (TPSA) is 67.4 Å². The maximum absolute atomic E-state index is 13.0. The number of carbonyl (C=O) groups excluding carboxylic acids is 2. The fourth-order valence-electron chi connectivity index (χ4n) is 3.41. The Morgan fingerprint density at radius 1 is 0.938 bits per heavy atom. The molecule has 0 saturated heterocycles. The summed E-state index contributed by atoms with van der Waals surface area (Å²) in [5.41, 5.74) is 3.91. The monoisotopic (exact) mass is 430 g/mol. The minimum absolute atomic E-state index is 0.163. The second kappa shape index (κ2) is 10.6. The van der Waals surface area contributed by atoms with Crippen molar-refractivity contribution in [3.63, 3.8) is 0 Å². The molecule has 0 aliphatic heterocycles. The summed E-state index contributed by atoms with van der Waals surface area (Å²) in [7, 11) is 0. The van der Waals surface area contributed by atoms with Crippen molar-refractivity contribution in [1.82, 2.24) is 5.32 Å². The fraction of sp³-hybridized carbons (Fsp3) is 0.259. The average molecular weight is 431 g/mol. The predicted molar refractivity (Wildman–Crippen MR) is 128 cm³/mol. The van der Waals surface area contributed by atoms with Crippen molar-refractivity contribution >= 4 is 17.5 Å². The molecule has 0 bridgehead atoms. The molecule has 0 unspecified atom stereocenters. The van der Waals surface area contributed by atoms with E-state index < -0.39 is 6.10 Å². The first-order valence-corrected chi connectivity index (χ1v) is 10.9. The van der Waals surface area contributed by atoms with Crippen molar-refractivity contribution in [1.29, 1.82) is 0 Å². The molecule has 0 saturated carbocycles. The molecule has 0 heterocycles. The third-order valence-corrected chi connectivity index (χ3v) is 5.35. The van der Waals surface area contributed by atoms with Gasteiger partial charge in [0.1, 0.15) is 5.75 Å². The summed E-state index contributed by atoms with van der Waals surface area (Å²) in [5, 5.41) is 5.89. The minimum atomic E-state index is -0.671. The molecule has 0 aliphatic carbocycles. The molecule has 166 valence electrons. The summed E-state index contributed by atoms with van der Waals surface area (Å²) < 4.78 is 6.02. The number of hydrogen-bond acceptors (Lipinski definition) is 3. The predicted octanol–water partition coefficient (Wildman–Crippen LogP) is 5.59. The van der Waals surface area contributed by atoms with Crippen LogP contribution < -0.4 is 15.4 Å². The van der Waals surface area contributed by atoms with Crippen LogP contribution in [0, 0.1) is 13.8 Å². The van der Waals surface area contributed by atoms with E-state index in [4.69, 9.17) is 4.74 Å². The molecule has 3 rings (SSSR count). The van der Waals surface area contributed by atoms with Gasteiger partial charge in [-0.15, -0.1) is 0 Å². The van der Waals surface area contributed by atoms with Gasteiger partial charge in [-0.2, -0.15) is 0 Å². The molecule has 32 heavy (non-hydrogen) atoms. The highest BCUT2D eigenvalue weighted by Crippen LogP contribution is 2.23. The summed E-state index contributed by atoms with van der Waals surface area (Å²) >= 11 is 0. The van der Waals surface area contributed by atoms with E-state index in [0.29, 0.717) is 23.4 Å². The van der Waals surface area contributed by atoms with Gasteiger partial charge in [0, 0.05) is 0 Å². The van der Waals surface area contributed by atoms with Crippen LogP contribution in [0.5, 0.6) is 5.75 Å². The molecule has 3 aromatic rings. The van der Waals surface area contributed by atoms with E-state index in [1.165, 1.54) is 0 Å². The molecule has 0 spiro atoms. The van der Waals surface area contributed by atoms with Crippen LogP contribution in [0.2, 0.25) is 0 Å². The van der Waals surface area contributed by atoms with Gasteiger partial charge >= 0.3 is 0 Å². The standard InChI is InChI=1S/C27H30N2O3/c1-5-24(32-25-17-18(2)15-16-19(25)3)27(31)29-23-14-10-9-13-22(23)26(30)28-20(4)21-11-7-6-8-12-21/h6-17,20,24H,5H2,1-4H3,(H,28,30)(H,29,31)/t20-,24+/m0/s1. The van der Waals surface area contributed by atoms with Crippen LogP contribution in [0.4, 0.5) is 5.69 Å². The van der Waals surface area contributed by atoms with E-state index in [0.717, 1.165) is 16.7 Å². The quantitative estimate of drug-likeness (QED) is 0.489. The first kappa shape index (κ1) is 23.1. The van der Waals surface area contributed by atoms with Crippen LogP contribution in [-0.2, 0) is 4.79 Å². The zero-order valence-corrected chi connectivity index (χ0v) is 19.0. The molecule has 5 nitrogen and oxygen atoms in total. The van der Waals surface area contributed by atoms with E-state index >= 15 is 0 Å². The van der Waals surface area contributed by atoms with Gasteiger partial charge in [-0.25, -0.2) is 0 Å². The van der Waals surface area contributed by atoms with Gasteiger partial charge in [-0.1, -0.05) is 61.5 Å². The van der Waals surface area contributed by atoms with Crippen molar-refractivity contribution < 1.29 is 14.3 Å². The molecule has 0 aromatic heterocycles. The van der Waals surface area contributed by atoms with Gasteiger partial charge < -0.3 is 15.4 Å². The second-order valence-electron chi connectivity index (χ2n) is 7.92. The molecule has 5 heteroatoms. The molecular formula is C27H30N2O3. The molecule has 0 fully saturated rings. The van der Waals surface area contributed by atoms with Crippen LogP contribution >= 0.6 is 0 Å². The highest BCUT2D eigenvalue weighted by atomic mass is 16.5. The summed E-state index contributed by atoms with van der Waals surface area (Å²) in [6, 6.07) is 22.5. The van der Waals surface area contributed by atoms with E-state index in [2.05, 4.69) is 10.6 Å². The Kier molecular flexibility index (Phi) is 7.66. The van der Waals surface area contributed by atoms with Crippen LogP contribution in [0.1, 0.15) is 53.4 Å². The normalized spacial score (nSPS) is 12.5. The van der Waals surface area contributed by atoms with Crippen LogP contribution in [0.25, 0.3) is 0 Å². The van der Waals surface area contributed by atoms with Crippen molar-refractivity contribution in [2.24, 2.45) is 0 Å². The molecular weight excluding hydrogens is 400 g/mol. The van der Waals surface area contributed by atoms with Crippen LogP contribution in [-0.4, -0.2) is 17.9 Å². The molecule has 2 N–H and O–H groups in total. The molecule has 0 radical (unpaired) electrons. The van der Waals surface area contributed by atoms with Gasteiger partial charge in [-0.3, -0.25) is 9.59 Å². The number of rotatable bonds is 8. The van der Waals surface area contributed by atoms with Gasteiger partial charge in [-0.05, 0) is 62.1 Å². The largest absolute Gasteiger partial charge is 0.480 e. The molecule has 3 aromatic carbocycles. The number of anilines is 1. The van der Waals surface area contributed by atoms with Crippen molar-refractivity contribution in [3.05, 3.63) is 95.1 Å². The smallest absolute Gasteiger partial charge is 0.265 e. The molecule has 2 amide bonds. The van der Waals surface area contributed by atoms with Gasteiger partial charge in [0.25, 0.3) is 11.8 Å². The number of benzene rings is 3. The maximum Gasteiger partial charge on any atom is 0.265 e. The highest BCUT2D eigenvalue weighted by Gasteiger charge is 2.22. The van der Waals surface area contributed by atoms with Crippen molar-refractivity contribution in [2.45, 2.75) is 46.3 Å². The Bertz CT molecular complexity index is 1080. The van der Waals surface area contributed by atoms with E-state index in [9.17, 15) is 9.59 Å². The van der Waals surface area contributed by atoms with E-state index in [1.807, 2.05) is 76.2 Å². The lowest BCUT2D eigenvalue weighted by atomic mass is 10.1. The van der Waals surface area contributed by atoms with E-state index in [1.54, 1.807) is 24.3 Å². The van der Waals surface area contributed by atoms with Crippen molar-refractivity contribution in [3.8, 4) is 5.75 Å². The van der Waals surface area contributed by atoms with Gasteiger partial charge in [0.15, 0.2) is 6.10 Å². The number of nitrogens with one attached hydrogen (secondary N) is 2. The summed E-state index contributed by atoms with van der Waals surface area (Å²) in [4.78, 5) is 25.9. The Hall–Kier alpha value is -3.60. The number of para-hydroxylation sites is 1. The Morgan fingerprint density at radius 3 is 2.34 bits per heavy atom. The Balaban J connectivity index is 1.73. The minimum Gasteiger partial charge on any atom is -0.480 e. The number of carbonyl (C=O) groups is 2. The number of ether oxygens (including phenoxy) is 1. The third-order valence-electron chi connectivity index (χ3n) is 5.35. The zero-order valence-electron chi connectivity index (χ0n) is 19.0. The highest BCUT2D eigenvalue weighted by molar-refractivity contribution is 6.04. The lowest BCUT2D eigenvalue weighted by molar-refractivity contribution is -0.122. The third kappa shape index (κ3) is 5.76. The van der Waals surface area contributed by atoms with Crippen LogP contribution in [0.15, 0.2) is 72.8 Å². The molecule has 0 aliphatic rings. The summed E-state index contributed by atoms with van der Waals surface area (Å²) in [6.45, 7) is 7.76. The number of amides is 2. The average Bonchev–Trinajstić information content (AvgIpc) is 2.80. The van der Waals surface area contributed by atoms with Crippen LogP contribution in [0.3, 0.4) is 0 Å². The fourth-order valence-corrected chi connectivity index (χ4v) is 3.41. The summed E-state index contributed by atoms with van der Waals surface area (Å²) in [5.74, 6) is 0.153. The Morgan fingerprint density at radius 2 is 1.62 bits per heavy atom. The van der Waals surface area contributed by atoms with E-state index in [-0.39, 0.29) is 17.9 Å². The maximum atomic E-state index is 13.0.